The van der Waals surface area contributed by atoms with Gasteiger partial charge in [-0.2, -0.15) is 0 Å². The lowest BCUT2D eigenvalue weighted by Gasteiger charge is -2.31. The van der Waals surface area contributed by atoms with Crippen LogP contribution in [0.1, 0.15) is 44.2 Å². The van der Waals surface area contributed by atoms with Gasteiger partial charge in [-0.25, -0.2) is 0 Å². The number of esters is 2. The van der Waals surface area contributed by atoms with E-state index in [0.717, 1.165) is 19.5 Å². The lowest BCUT2D eigenvalue weighted by atomic mass is 9.85. The Hall–Kier alpha value is -2.66. The molecule has 0 N–H and O–H groups in total. The van der Waals surface area contributed by atoms with Crippen LogP contribution in [0.2, 0.25) is 0 Å². The van der Waals surface area contributed by atoms with Gasteiger partial charge in [0.15, 0.2) is 5.41 Å². The molecule has 0 radical (unpaired) electrons. The SMILES string of the molecule is CCOC(=O)C1(C(=O)OCC)CCC(N(Cc2ccccc2)Cc2ccccc2)C1. The van der Waals surface area contributed by atoms with Crippen LogP contribution >= 0.6 is 0 Å². The summed E-state index contributed by atoms with van der Waals surface area (Å²) in [4.78, 5) is 28.0. The van der Waals surface area contributed by atoms with Crippen molar-refractivity contribution < 1.29 is 19.1 Å². The molecule has 0 aliphatic heterocycles. The summed E-state index contributed by atoms with van der Waals surface area (Å²) in [6.45, 7) is 5.54. The van der Waals surface area contributed by atoms with E-state index in [2.05, 4.69) is 29.2 Å². The summed E-state index contributed by atoms with van der Waals surface area (Å²) < 4.78 is 10.6. The van der Waals surface area contributed by atoms with Gasteiger partial charge in [0, 0.05) is 19.1 Å². The minimum Gasteiger partial charge on any atom is -0.465 e. The van der Waals surface area contributed by atoms with Gasteiger partial charge in [0.2, 0.25) is 0 Å². The molecule has 0 aromatic heterocycles. The summed E-state index contributed by atoms with van der Waals surface area (Å²) in [6.07, 6.45) is 1.62. The third kappa shape index (κ3) is 5.08. The molecule has 2 aromatic carbocycles. The Morgan fingerprint density at radius 2 is 1.33 bits per heavy atom. The Morgan fingerprint density at radius 3 is 1.77 bits per heavy atom. The van der Waals surface area contributed by atoms with E-state index >= 15 is 0 Å². The van der Waals surface area contributed by atoms with Crippen LogP contribution < -0.4 is 0 Å². The van der Waals surface area contributed by atoms with Crippen LogP contribution in [0.5, 0.6) is 0 Å². The quantitative estimate of drug-likeness (QED) is 0.455. The van der Waals surface area contributed by atoms with Crippen molar-refractivity contribution in [3.05, 3.63) is 71.8 Å². The van der Waals surface area contributed by atoms with Crippen LogP contribution in [0.25, 0.3) is 0 Å². The van der Waals surface area contributed by atoms with E-state index in [4.69, 9.17) is 9.47 Å². The zero-order valence-electron chi connectivity index (χ0n) is 17.9. The third-order valence-corrected chi connectivity index (χ3v) is 5.79. The molecule has 2 aromatic rings. The van der Waals surface area contributed by atoms with Crippen LogP contribution in [0.15, 0.2) is 60.7 Å². The van der Waals surface area contributed by atoms with E-state index < -0.39 is 17.4 Å². The normalized spacial score (nSPS) is 17.6. The maximum Gasteiger partial charge on any atom is 0.323 e. The summed E-state index contributed by atoms with van der Waals surface area (Å²) in [5.74, 6) is -0.907. The van der Waals surface area contributed by atoms with Crippen molar-refractivity contribution in [3.8, 4) is 0 Å². The highest BCUT2D eigenvalue weighted by molar-refractivity contribution is 6.00. The largest absolute Gasteiger partial charge is 0.465 e. The van der Waals surface area contributed by atoms with E-state index in [-0.39, 0.29) is 19.3 Å². The van der Waals surface area contributed by atoms with Crippen molar-refractivity contribution in [3.63, 3.8) is 0 Å². The molecule has 1 fully saturated rings. The molecule has 0 saturated heterocycles. The predicted molar refractivity (Wildman–Crippen MR) is 115 cm³/mol. The van der Waals surface area contributed by atoms with Gasteiger partial charge in [-0.1, -0.05) is 60.7 Å². The van der Waals surface area contributed by atoms with Gasteiger partial charge in [0.25, 0.3) is 0 Å². The van der Waals surface area contributed by atoms with Gasteiger partial charge in [-0.3, -0.25) is 14.5 Å². The highest BCUT2D eigenvalue weighted by atomic mass is 16.6. The number of carbonyl (C=O) groups is 2. The third-order valence-electron chi connectivity index (χ3n) is 5.79. The molecule has 1 aliphatic carbocycles. The molecular weight excluding hydrogens is 378 g/mol. The molecule has 0 amide bonds. The summed E-state index contributed by atoms with van der Waals surface area (Å²) in [6, 6.07) is 20.7. The zero-order chi connectivity index (χ0) is 21.4. The molecule has 1 unspecified atom stereocenters. The van der Waals surface area contributed by atoms with Crippen molar-refractivity contribution in [1.29, 1.82) is 0 Å². The second kappa shape index (κ2) is 10.4. The maximum absolute atomic E-state index is 12.8. The van der Waals surface area contributed by atoms with Gasteiger partial charge in [0.1, 0.15) is 0 Å². The first-order valence-electron chi connectivity index (χ1n) is 10.8. The van der Waals surface area contributed by atoms with Crippen molar-refractivity contribution in [1.82, 2.24) is 4.90 Å². The number of nitrogens with zero attached hydrogens (tertiary/aromatic N) is 1. The Morgan fingerprint density at radius 1 is 0.867 bits per heavy atom. The van der Waals surface area contributed by atoms with Gasteiger partial charge in [-0.15, -0.1) is 0 Å². The number of hydrogen-bond donors (Lipinski definition) is 0. The molecule has 160 valence electrons. The van der Waals surface area contributed by atoms with E-state index in [9.17, 15) is 9.59 Å². The summed E-state index contributed by atoms with van der Waals surface area (Å²) in [5.41, 5.74) is 1.21. The Balaban J connectivity index is 1.85. The second-order valence-electron chi connectivity index (χ2n) is 7.80. The van der Waals surface area contributed by atoms with Crippen molar-refractivity contribution in [2.24, 2.45) is 5.41 Å². The Bertz CT molecular complexity index is 762. The van der Waals surface area contributed by atoms with Gasteiger partial charge in [-0.05, 0) is 44.2 Å². The average Bonchev–Trinajstić information content (AvgIpc) is 3.22. The Kier molecular flexibility index (Phi) is 7.63. The molecule has 0 bridgehead atoms. The molecule has 30 heavy (non-hydrogen) atoms. The molecule has 1 atom stereocenters. The number of hydrogen-bond acceptors (Lipinski definition) is 5. The number of carbonyl (C=O) groups excluding carboxylic acids is 2. The lowest BCUT2D eigenvalue weighted by Crippen LogP contribution is -2.42. The lowest BCUT2D eigenvalue weighted by molar-refractivity contribution is -0.172. The van der Waals surface area contributed by atoms with E-state index in [1.165, 1.54) is 11.1 Å². The molecule has 1 aliphatic rings. The van der Waals surface area contributed by atoms with Crippen LogP contribution in [0.4, 0.5) is 0 Å². The fraction of sp³-hybridized carbons (Fsp3) is 0.440. The molecule has 0 heterocycles. The first-order valence-corrected chi connectivity index (χ1v) is 10.8. The fourth-order valence-corrected chi connectivity index (χ4v) is 4.27. The smallest absolute Gasteiger partial charge is 0.323 e. The number of ether oxygens (including phenoxy) is 2. The molecule has 1 saturated carbocycles. The van der Waals surface area contributed by atoms with Crippen molar-refractivity contribution >= 4 is 11.9 Å². The highest BCUT2D eigenvalue weighted by Crippen LogP contribution is 2.43. The van der Waals surface area contributed by atoms with Crippen LogP contribution in [0, 0.1) is 5.41 Å². The van der Waals surface area contributed by atoms with Crippen molar-refractivity contribution in [2.45, 2.75) is 52.2 Å². The topological polar surface area (TPSA) is 55.8 Å². The predicted octanol–water partition coefficient (Wildman–Crippen LogP) is 4.35. The Labute approximate surface area is 179 Å². The van der Waals surface area contributed by atoms with E-state index in [1.54, 1.807) is 13.8 Å². The average molecular weight is 410 g/mol. The molecule has 5 heteroatoms. The molecule has 0 spiro atoms. The summed E-state index contributed by atoms with van der Waals surface area (Å²) >= 11 is 0. The molecular formula is C25H31NO4. The minimum absolute atomic E-state index is 0.0826. The van der Waals surface area contributed by atoms with Gasteiger partial charge >= 0.3 is 11.9 Å². The van der Waals surface area contributed by atoms with E-state index in [1.807, 2.05) is 36.4 Å². The first kappa shape index (κ1) is 22.0. The fourth-order valence-electron chi connectivity index (χ4n) is 4.27. The van der Waals surface area contributed by atoms with Crippen molar-refractivity contribution in [2.75, 3.05) is 13.2 Å². The minimum atomic E-state index is -1.21. The molecule has 5 nitrogen and oxygen atoms in total. The van der Waals surface area contributed by atoms with Gasteiger partial charge in [0.05, 0.1) is 13.2 Å². The second-order valence-corrected chi connectivity index (χ2v) is 7.80. The highest BCUT2D eigenvalue weighted by Gasteiger charge is 2.54. The summed E-state index contributed by atoms with van der Waals surface area (Å²) in [7, 11) is 0. The van der Waals surface area contributed by atoms with Crippen LogP contribution in [0.3, 0.4) is 0 Å². The standard InChI is InChI=1S/C25H31NO4/c1-3-29-23(27)25(24(28)30-4-2)16-15-22(17-25)26(18-20-11-7-5-8-12-20)19-21-13-9-6-10-14-21/h5-14,22H,3-4,15-19H2,1-2H3. The number of rotatable bonds is 9. The monoisotopic (exact) mass is 409 g/mol. The van der Waals surface area contributed by atoms with Crippen LogP contribution in [-0.2, 0) is 32.2 Å². The van der Waals surface area contributed by atoms with E-state index in [0.29, 0.717) is 12.8 Å². The van der Waals surface area contributed by atoms with Gasteiger partial charge < -0.3 is 9.47 Å². The van der Waals surface area contributed by atoms with Crippen LogP contribution in [-0.4, -0.2) is 36.1 Å². The summed E-state index contributed by atoms with van der Waals surface area (Å²) in [5, 5.41) is 0. The maximum atomic E-state index is 12.8. The zero-order valence-corrected chi connectivity index (χ0v) is 17.9. The molecule has 3 rings (SSSR count). The number of benzene rings is 2. The first-order chi connectivity index (χ1) is 14.6.